The summed E-state index contributed by atoms with van der Waals surface area (Å²) < 4.78 is 15.8. The molecule has 0 radical (unpaired) electrons. The SMILES string of the molecule is CSCCC(C)n1c(SCC(=O)O)nc2c(F)cccc21. The largest absolute Gasteiger partial charge is 0.481 e. The van der Waals surface area contributed by atoms with Crippen molar-refractivity contribution in [2.24, 2.45) is 0 Å². The van der Waals surface area contributed by atoms with Crippen LogP contribution in [0, 0.1) is 5.82 Å². The highest BCUT2D eigenvalue weighted by atomic mass is 32.2. The molecule has 1 aromatic heterocycles. The molecule has 0 saturated carbocycles. The summed E-state index contributed by atoms with van der Waals surface area (Å²) in [6.07, 6.45) is 2.96. The Kier molecular flexibility index (Phi) is 5.52. The van der Waals surface area contributed by atoms with E-state index in [4.69, 9.17) is 5.11 Å². The third-order valence-corrected chi connectivity index (χ3v) is 4.73. The van der Waals surface area contributed by atoms with Gasteiger partial charge in [0.25, 0.3) is 0 Å². The summed E-state index contributed by atoms with van der Waals surface area (Å²) in [6.45, 7) is 2.05. The molecule has 0 aliphatic heterocycles. The monoisotopic (exact) mass is 328 g/mol. The van der Waals surface area contributed by atoms with Gasteiger partial charge in [-0.25, -0.2) is 9.37 Å². The summed E-state index contributed by atoms with van der Waals surface area (Å²) in [5.74, 6) is -0.379. The average Bonchev–Trinajstić information content (AvgIpc) is 2.82. The van der Waals surface area contributed by atoms with Crippen LogP contribution < -0.4 is 0 Å². The van der Waals surface area contributed by atoms with Gasteiger partial charge in [-0.05, 0) is 37.5 Å². The Morgan fingerprint density at radius 3 is 2.95 bits per heavy atom. The average molecular weight is 328 g/mol. The van der Waals surface area contributed by atoms with Gasteiger partial charge in [-0.2, -0.15) is 11.8 Å². The maximum Gasteiger partial charge on any atom is 0.313 e. The van der Waals surface area contributed by atoms with E-state index in [0.717, 1.165) is 29.5 Å². The first-order chi connectivity index (χ1) is 10.0. The van der Waals surface area contributed by atoms with Crippen molar-refractivity contribution >= 4 is 40.5 Å². The van der Waals surface area contributed by atoms with E-state index in [1.807, 2.05) is 23.8 Å². The summed E-state index contributed by atoms with van der Waals surface area (Å²) >= 11 is 2.88. The van der Waals surface area contributed by atoms with Crippen molar-refractivity contribution in [1.82, 2.24) is 9.55 Å². The van der Waals surface area contributed by atoms with Gasteiger partial charge in [-0.3, -0.25) is 4.79 Å². The number of hydrogen-bond acceptors (Lipinski definition) is 4. The number of imidazole rings is 1. The summed E-state index contributed by atoms with van der Waals surface area (Å²) in [4.78, 5) is 15.1. The van der Waals surface area contributed by atoms with E-state index < -0.39 is 5.97 Å². The van der Waals surface area contributed by atoms with E-state index >= 15 is 0 Å². The number of para-hydroxylation sites is 1. The number of rotatable bonds is 7. The van der Waals surface area contributed by atoms with Crippen molar-refractivity contribution in [3.05, 3.63) is 24.0 Å². The fourth-order valence-electron chi connectivity index (χ4n) is 2.13. The van der Waals surface area contributed by atoms with Gasteiger partial charge in [0, 0.05) is 6.04 Å². The van der Waals surface area contributed by atoms with Crippen LogP contribution in [0.15, 0.2) is 23.4 Å². The molecule has 4 nitrogen and oxygen atoms in total. The predicted molar refractivity (Wildman–Crippen MR) is 85.8 cm³/mol. The molecule has 114 valence electrons. The molecule has 0 saturated heterocycles. The fraction of sp³-hybridized carbons (Fsp3) is 0.429. The molecule has 0 spiro atoms. The van der Waals surface area contributed by atoms with Gasteiger partial charge in [0.15, 0.2) is 11.0 Å². The third-order valence-electron chi connectivity index (χ3n) is 3.14. The normalized spacial score (nSPS) is 12.7. The van der Waals surface area contributed by atoms with Crippen LogP contribution in [0.25, 0.3) is 11.0 Å². The molecule has 1 N–H and O–H groups in total. The number of carboxylic acid groups (broad SMARTS) is 1. The zero-order chi connectivity index (χ0) is 15.4. The highest BCUT2D eigenvalue weighted by molar-refractivity contribution is 7.99. The number of halogens is 1. The number of thioether (sulfide) groups is 2. The Morgan fingerprint density at radius 1 is 1.52 bits per heavy atom. The molecular formula is C14H17FN2O2S2. The minimum absolute atomic E-state index is 0.0831. The van der Waals surface area contributed by atoms with Crippen molar-refractivity contribution in [3.8, 4) is 0 Å². The molecule has 0 fully saturated rings. The molecule has 0 aliphatic carbocycles. The first kappa shape index (κ1) is 16.2. The fourth-order valence-corrected chi connectivity index (χ4v) is 3.54. The second-order valence-electron chi connectivity index (χ2n) is 4.68. The quantitative estimate of drug-likeness (QED) is 0.786. The zero-order valence-corrected chi connectivity index (χ0v) is 13.5. The van der Waals surface area contributed by atoms with Gasteiger partial charge < -0.3 is 9.67 Å². The lowest BCUT2D eigenvalue weighted by molar-refractivity contribution is -0.133. The van der Waals surface area contributed by atoms with Gasteiger partial charge in [0.05, 0.1) is 11.3 Å². The molecule has 0 amide bonds. The maximum atomic E-state index is 13.9. The molecule has 1 atom stereocenters. The Hall–Kier alpha value is -1.21. The number of hydrogen-bond donors (Lipinski definition) is 1. The number of aliphatic carboxylic acids is 1. The first-order valence-corrected chi connectivity index (χ1v) is 8.92. The van der Waals surface area contributed by atoms with Crippen molar-refractivity contribution < 1.29 is 14.3 Å². The Labute approximate surface area is 131 Å². The van der Waals surface area contributed by atoms with Crippen molar-refractivity contribution in [1.29, 1.82) is 0 Å². The van der Waals surface area contributed by atoms with E-state index in [9.17, 15) is 9.18 Å². The lowest BCUT2D eigenvalue weighted by Crippen LogP contribution is -2.09. The summed E-state index contributed by atoms with van der Waals surface area (Å²) in [5, 5.41) is 9.40. The lowest BCUT2D eigenvalue weighted by Gasteiger charge is -2.16. The van der Waals surface area contributed by atoms with E-state index in [2.05, 4.69) is 4.98 Å². The maximum absolute atomic E-state index is 13.9. The van der Waals surface area contributed by atoms with Gasteiger partial charge in [0.2, 0.25) is 0 Å². The van der Waals surface area contributed by atoms with Crippen LogP contribution in [0.1, 0.15) is 19.4 Å². The minimum atomic E-state index is -0.907. The smallest absolute Gasteiger partial charge is 0.313 e. The van der Waals surface area contributed by atoms with Gasteiger partial charge in [-0.1, -0.05) is 17.8 Å². The van der Waals surface area contributed by atoms with Crippen molar-refractivity contribution in [2.75, 3.05) is 17.8 Å². The Bertz CT molecular complexity index is 645. The highest BCUT2D eigenvalue weighted by Gasteiger charge is 2.18. The van der Waals surface area contributed by atoms with Crippen LogP contribution in [0.4, 0.5) is 4.39 Å². The molecule has 1 heterocycles. The molecule has 7 heteroatoms. The number of aromatic nitrogens is 2. The Balaban J connectivity index is 2.44. The van der Waals surface area contributed by atoms with E-state index in [0.29, 0.717) is 10.7 Å². The molecule has 21 heavy (non-hydrogen) atoms. The zero-order valence-electron chi connectivity index (χ0n) is 11.9. The van der Waals surface area contributed by atoms with Crippen LogP contribution in [-0.4, -0.2) is 38.4 Å². The second-order valence-corrected chi connectivity index (χ2v) is 6.61. The second kappa shape index (κ2) is 7.17. The number of benzene rings is 1. The molecular weight excluding hydrogens is 311 g/mol. The summed E-state index contributed by atoms with van der Waals surface area (Å²) in [5.41, 5.74) is 1.03. The molecule has 0 bridgehead atoms. The topological polar surface area (TPSA) is 55.1 Å². The van der Waals surface area contributed by atoms with E-state index in [-0.39, 0.29) is 17.6 Å². The van der Waals surface area contributed by atoms with Gasteiger partial charge in [-0.15, -0.1) is 0 Å². The predicted octanol–water partition coefficient (Wildman–Crippen LogP) is 3.67. The summed E-state index contributed by atoms with van der Waals surface area (Å²) in [6, 6.07) is 4.99. The third kappa shape index (κ3) is 3.71. The van der Waals surface area contributed by atoms with E-state index in [1.165, 1.54) is 6.07 Å². The number of fused-ring (bicyclic) bond motifs is 1. The first-order valence-electron chi connectivity index (χ1n) is 6.54. The van der Waals surface area contributed by atoms with Crippen LogP contribution in [0.5, 0.6) is 0 Å². The molecule has 1 aromatic carbocycles. The van der Waals surface area contributed by atoms with Crippen LogP contribution in [0.2, 0.25) is 0 Å². The number of carboxylic acids is 1. The number of carbonyl (C=O) groups is 1. The highest BCUT2D eigenvalue weighted by Crippen LogP contribution is 2.30. The van der Waals surface area contributed by atoms with Gasteiger partial charge >= 0.3 is 5.97 Å². The molecule has 0 aliphatic rings. The summed E-state index contributed by atoms with van der Waals surface area (Å²) in [7, 11) is 0. The Morgan fingerprint density at radius 2 is 2.29 bits per heavy atom. The molecule has 2 rings (SSSR count). The van der Waals surface area contributed by atoms with Crippen LogP contribution >= 0.6 is 23.5 Å². The van der Waals surface area contributed by atoms with Crippen LogP contribution in [0.3, 0.4) is 0 Å². The van der Waals surface area contributed by atoms with Gasteiger partial charge in [0.1, 0.15) is 5.52 Å². The van der Waals surface area contributed by atoms with Crippen molar-refractivity contribution in [2.45, 2.75) is 24.5 Å². The number of nitrogens with zero attached hydrogens (tertiary/aromatic N) is 2. The van der Waals surface area contributed by atoms with E-state index in [1.54, 1.807) is 17.8 Å². The minimum Gasteiger partial charge on any atom is -0.481 e. The van der Waals surface area contributed by atoms with Crippen molar-refractivity contribution in [3.63, 3.8) is 0 Å². The molecule has 2 aromatic rings. The molecule has 1 unspecified atom stereocenters. The van der Waals surface area contributed by atoms with Crippen LogP contribution in [-0.2, 0) is 4.79 Å². The lowest BCUT2D eigenvalue weighted by atomic mass is 10.2. The standard InChI is InChI=1S/C14H17FN2O2S2/c1-9(6-7-20-2)17-11-5-3-4-10(15)13(11)16-14(17)21-8-12(18)19/h3-5,9H,6-8H2,1-2H3,(H,18,19).